The first-order valence-corrected chi connectivity index (χ1v) is 8.99. The van der Waals surface area contributed by atoms with E-state index in [1.165, 1.54) is 4.31 Å². The summed E-state index contributed by atoms with van der Waals surface area (Å²) < 4.78 is 31.8. The molecule has 0 aromatic carbocycles. The summed E-state index contributed by atoms with van der Waals surface area (Å²) >= 11 is 0. The first-order chi connectivity index (χ1) is 10.1. The van der Waals surface area contributed by atoms with Crippen molar-refractivity contribution in [2.45, 2.75) is 43.4 Å². The van der Waals surface area contributed by atoms with Crippen LogP contribution in [0.4, 0.5) is 0 Å². The summed E-state index contributed by atoms with van der Waals surface area (Å²) in [6, 6.07) is 3.44. The molecule has 21 heavy (non-hydrogen) atoms. The summed E-state index contributed by atoms with van der Waals surface area (Å²) in [5, 5.41) is 9.36. The van der Waals surface area contributed by atoms with Gasteiger partial charge in [0, 0.05) is 19.1 Å². The predicted octanol–water partition coefficient (Wildman–Crippen LogP) is 1.02. The summed E-state index contributed by atoms with van der Waals surface area (Å²) in [5.41, 5.74) is 0. The Labute approximate surface area is 125 Å². The van der Waals surface area contributed by atoms with Gasteiger partial charge in [0.15, 0.2) is 0 Å². The first-order valence-electron chi connectivity index (χ1n) is 7.55. The zero-order valence-corrected chi connectivity index (χ0v) is 12.9. The van der Waals surface area contributed by atoms with Gasteiger partial charge in [-0.05, 0) is 44.4 Å². The van der Waals surface area contributed by atoms with Gasteiger partial charge >= 0.3 is 0 Å². The molecule has 3 rings (SSSR count). The van der Waals surface area contributed by atoms with Crippen LogP contribution in [0.25, 0.3) is 0 Å². The van der Waals surface area contributed by atoms with Crippen LogP contribution in [-0.4, -0.2) is 55.0 Å². The fourth-order valence-corrected chi connectivity index (χ4v) is 4.59. The largest absolute Gasteiger partial charge is 0.447 e. The minimum absolute atomic E-state index is 0.0409. The molecule has 1 atom stereocenters. The molecule has 2 saturated heterocycles. The smallest absolute Gasteiger partial charge is 0.276 e. The fraction of sp³-hybridized carbons (Fsp3) is 0.714. The number of nitrogens with zero attached hydrogens (tertiary/aromatic N) is 2. The lowest BCUT2D eigenvalue weighted by Gasteiger charge is -2.21. The Kier molecular flexibility index (Phi) is 4.35. The molecule has 2 aliphatic heterocycles. The van der Waals surface area contributed by atoms with E-state index < -0.39 is 10.0 Å². The van der Waals surface area contributed by atoms with Crippen molar-refractivity contribution in [1.82, 2.24) is 9.21 Å². The molecule has 1 aromatic heterocycles. The predicted molar refractivity (Wildman–Crippen MR) is 77.2 cm³/mol. The van der Waals surface area contributed by atoms with Gasteiger partial charge in [0.25, 0.3) is 10.0 Å². The Morgan fingerprint density at radius 3 is 2.67 bits per heavy atom. The highest BCUT2D eigenvalue weighted by Gasteiger charge is 2.31. The van der Waals surface area contributed by atoms with Crippen LogP contribution in [0, 0.1) is 0 Å². The molecule has 3 heterocycles. The van der Waals surface area contributed by atoms with E-state index in [0.717, 1.165) is 32.2 Å². The molecule has 0 spiro atoms. The topological polar surface area (TPSA) is 74.0 Å². The lowest BCUT2D eigenvalue weighted by atomic mass is 10.2. The number of furan rings is 1. The molecule has 0 radical (unpaired) electrons. The lowest BCUT2D eigenvalue weighted by molar-refractivity contribution is 0.144. The minimum atomic E-state index is -3.47. The molecular weight excluding hydrogens is 292 g/mol. The molecule has 0 bridgehead atoms. The van der Waals surface area contributed by atoms with E-state index in [0.29, 0.717) is 25.4 Å². The number of likely N-dealkylation sites (tertiary alicyclic amines) is 1. The van der Waals surface area contributed by atoms with Gasteiger partial charge in [-0.25, -0.2) is 8.42 Å². The number of aliphatic hydroxyl groups excluding tert-OH is 1. The van der Waals surface area contributed by atoms with Gasteiger partial charge in [-0.3, -0.25) is 4.90 Å². The van der Waals surface area contributed by atoms with Gasteiger partial charge in [0.1, 0.15) is 5.76 Å². The van der Waals surface area contributed by atoms with E-state index in [9.17, 15) is 13.5 Å². The third kappa shape index (κ3) is 3.01. The standard InChI is InChI=1S/C14H22N2O4S/c17-11-12-4-3-7-15(12)10-13-5-6-14(20-13)21(18,19)16-8-1-2-9-16/h5-6,12,17H,1-4,7-11H2/t12-/m0/s1. The minimum Gasteiger partial charge on any atom is -0.447 e. The molecule has 1 aromatic rings. The van der Waals surface area contributed by atoms with Crippen molar-refractivity contribution in [1.29, 1.82) is 0 Å². The monoisotopic (exact) mass is 314 g/mol. The molecule has 0 amide bonds. The molecule has 6 nitrogen and oxygen atoms in total. The van der Waals surface area contributed by atoms with Crippen LogP contribution < -0.4 is 0 Å². The summed E-state index contributed by atoms with van der Waals surface area (Å²) in [6.07, 6.45) is 3.87. The van der Waals surface area contributed by atoms with Gasteiger partial charge in [0.05, 0.1) is 13.2 Å². The SMILES string of the molecule is O=S(=O)(c1ccc(CN2CCC[C@H]2CO)o1)N1CCCC1. The highest BCUT2D eigenvalue weighted by Crippen LogP contribution is 2.25. The molecule has 0 aliphatic carbocycles. The van der Waals surface area contributed by atoms with Crippen molar-refractivity contribution in [2.24, 2.45) is 0 Å². The van der Waals surface area contributed by atoms with Crippen molar-refractivity contribution < 1.29 is 17.9 Å². The average molecular weight is 314 g/mol. The van der Waals surface area contributed by atoms with E-state index in [2.05, 4.69) is 4.90 Å². The van der Waals surface area contributed by atoms with E-state index in [1.807, 2.05) is 0 Å². The fourth-order valence-electron chi connectivity index (χ4n) is 3.15. The van der Waals surface area contributed by atoms with Crippen LogP contribution in [0.5, 0.6) is 0 Å². The van der Waals surface area contributed by atoms with E-state index >= 15 is 0 Å². The number of rotatable bonds is 5. The second-order valence-electron chi connectivity index (χ2n) is 5.78. The van der Waals surface area contributed by atoms with Crippen molar-refractivity contribution in [3.8, 4) is 0 Å². The Morgan fingerprint density at radius 1 is 1.19 bits per heavy atom. The Balaban J connectivity index is 1.71. The van der Waals surface area contributed by atoms with Crippen molar-refractivity contribution in [3.63, 3.8) is 0 Å². The Bertz CT molecular complexity index is 578. The molecule has 2 aliphatic rings. The van der Waals surface area contributed by atoms with Crippen LogP contribution in [0.1, 0.15) is 31.4 Å². The zero-order chi connectivity index (χ0) is 14.9. The second-order valence-corrected chi connectivity index (χ2v) is 7.65. The van der Waals surface area contributed by atoms with Gasteiger partial charge in [-0.15, -0.1) is 0 Å². The zero-order valence-electron chi connectivity index (χ0n) is 12.1. The van der Waals surface area contributed by atoms with Gasteiger partial charge in [0.2, 0.25) is 5.09 Å². The third-order valence-corrected chi connectivity index (χ3v) is 6.14. The maximum absolute atomic E-state index is 12.4. The maximum Gasteiger partial charge on any atom is 0.276 e. The van der Waals surface area contributed by atoms with Gasteiger partial charge in [-0.2, -0.15) is 4.31 Å². The number of hydrogen-bond acceptors (Lipinski definition) is 5. The molecule has 118 valence electrons. The van der Waals surface area contributed by atoms with Gasteiger partial charge < -0.3 is 9.52 Å². The number of sulfonamides is 1. The number of hydrogen-bond donors (Lipinski definition) is 1. The maximum atomic E-state index is 12.4. The first kappa shape index (κ1) is 15.0. The van der Waals surface area contributed by atoms with E-state index in [-0.39, 0.29) is 17.7 Å². The summed E-state index contributed by atoms with van der Waals surface area (Å²) in [6.45, 7) is 2.77. The van der Waals surface area contributed by atoms with Crippen molar-refractivity contribution in [3.05, 3.63) is 17.9 Å². The number of aliphatic hydroxyl groups is 1. The molecule has 2 fully saturated rings. The van der Waals surface area contributed by atoms with Crippen LogP contribution in [0.3, 0.4) is 0 Å². The van der Waals surface area contributed by atoms with Crippen molar-refractivity contribution in [2.75, 3.05) is 26.2 Å². The van der Waals surface area contributed by atoms with E-state index in [1.54, 1.807) is 12.1 Å². The normalized spacial score (nSPS) is 24.9. The summed E-state index contributed by atoms with van der Waals surface area (Å²) in [5.74, 6) is 0.646. The van der Waals surface area contributed by atoms with Crippen LogP contribution in [0.2, 0.25) is 0 Å². The highest BCUT2D eigenvalue weighted by atomic mass is 32.2. The lowest BCUT2D eigenvalue weighted by Crippen LogP contribution is -2.31. The van der Waals surface area contributed by atoms with Gasteiger partial charge in [-0.1, -0.05) is 0 Å². The van der Waals surface area contributed by atoms with E-state index in [4.69, 9.17) is 4.42 Å². The van der Waals surface area contributed by atoms with Crippen molar-refractivity contribution >= 4 is 10.0 Å². The molecule has 0 saturated carbocycles. The van der Waals surface area contributed by atoms with Crippen LogP contribution >= 0.6 is 0 Å². The molecule has 0 unspecified atom stereocenters. The summed E-state index contributed by atoms with van der Waals surface area (Å²) in [7, 11) is -3.47. The van der Waals surface area contributed by atoms with Crippen LogP contribution in [-0.2, 0) is 16.6 Å². The van der Waals surface area contributed by atoms with Crippen LogP contribution in [0.15, 0.2) is 21.6 Å². The average Bonchev–Trinajstić information content (AvgIpc) is 3.21. The highest BCUT2D eigenvalue weighted by molar-refractivity contribution is 7.89. The Morgan fingerprint density at radius 2 is 1.95 bits per heavy atom. The summed E-state index contributed by atoms with van der Waals surface area (Å²) in [4.78, 5) is 2.14. The quantitative estimate of drug-likeness (QED) is 0.878. The molecule has 7 heteroatoms. The molecular formula is C14H22N2O4S. The second kappa shape index (κ2) is 6.08. The molecule has 1 N–H and O–H groups in total. The Hall–Kier alpha value is -0.890. The third-order valence-electron chi connectivity index (χ3n) is 4.36.